The highest BCUT2D eigenvalue weighted by molar-refractivity contribution is 5.95. The highest BCUT2D eigenvalue weighted by Gasteiger charge is 2.15. The number of hydrogen-bond acceptors (Lipinski definition) is 5. The zero-order valence-electron chi connectivity index (χ0n) is 16.2. The number of carbonyl (C=O) groups excluding carboxylic acids is 3. The van der Waals surface area contributed by atoms with Gasteiger partial charge in [-0.3, -0.25) is 14.4 Å². The highest BCUT2D eigenvalue weighted by Crippen LogP contribution is 2.22. The van der Waals surface area contributed by atoms with Gasteiger partial charge in [0.1, 0.15) is 11.5 Å². The van der Waals surface area contributed by atoms with Crippen molar-refractivity contribution in [1.82, 2.24) is 4.90 Å². The van der Waals surface area contributed by atoms with Crippen LogP contribution in [0.1, 0.15) is 22.8 Å². The molecular weight excluding hydrogens is 360 g/mol. The second-order valence-electron chi connectivity index (χ2n) is 6.12. The Hall–Kier alpha value is -3.35. The molecule has 0 aliphatic carbocycles. The molecule has 28 heavy (non-hydrogen) atoms. The van der Waals surface area contributed by atoms with E-state index in [4.69, 9.17) is 9.47 Å². The predicted molar refractivity (Wildman–Crippen MR) is 106 cm³/mol. The molecule has 148 valence electrons. The molecule has 0 heterocycles. The van der Waals surface area contributed by atoms with Crippen molar-refractivity contribution in [3.05, 3.63) is 53.6 Å². The van der Waals surface area contributed by atoms with E-state index in [9.17, 15) is 14.4 Å². The van der Waals surface area contributed by atoms with Crippen molar-refractivity contribution in [2.45, 2.75) is 13.3 Å². The number of carbonyl (C=O) groups is 3. The summed E-state index contributed by atoms with van der Waals surface area (Å²) in [6, 6.07) is 12.2. The number of nitrogens with one attached hydrogen (secondary N) is 1. The summed E-state index contributed by atoms with van der Waals surface area (Å²) in [6.07, 6.45) is 1.42. The number of ether oxygens (including phenoxy) is 2. The van der Waals surface area contributed by atoms with Crippen molar-refractivity contribution >= 4 is 23.8 Å². The molecule has 7 nitrogen and oxygen atoms in total. The summed E-state index contributed by atoms with van der Waals surface area (Å²) in [5, 5.41) is 2.82. The van der Waals surface area contributed by atoms with E-state index in [2.05, 4.69) is 5.32 Å². The number of aldehydes is 1. The van der Waals surface area contributed by atoms with E-state index in [0.717, 1.165) is 17.7 Å². The first kappa shape index (κ1) is 21.0. The minimum Gasteiger partial charge on any atom is -0.497 e. The molecule has 0 atom stereocenters. The Morgan fingerprint density at radius 2 is 1.93 bits per heavy atom. The van der Waals surface area contributed by atoms with Gasteiger partial charge in [0.25, 0.3) is 5.91 Å². The van der Waals surface area contributed by atoms with E-state index in [0.29, 0.717) is 12.0 Å². The summed E-state index contributed by atoms with van der Waals surface area (Å²) in [5.41, 5.74) is 2.04. The van der Waals surface area contributed by atoms with E-state index in [1.165, 1.54) is 25.1 Å². The molecule has 0 aliphatic rings. The Labute approximate surface area is 164 Å². The highest BCUT2D eigenvalue weighted by atomic mass is 16.5. The van der Waals surface area contributed by atoms with E-state index in [1.54, 1.807) is 12.1 Å². The molecule has 2 aromatic carbocycles. The maximum absolute atomic E-state index is 12.3. The SMILES string of the molecule is CCc1ccccc1NC(=O)CN(C)C(=O)COc1ccc(OC)cc1C=O. The Balaban J connectivity index is 1.90. The van der Waals surface area contributed by atoms with Gasteiger partial charge < -0.3 is 19.7 Å². The van der Waals surface area contributed by atoms with Crippen molar-refractivity contribution in [3.63, 3.8) is 0 Å². The van der Waals surface area contributed by atoms with E-state index < -0.39 is 0 Å². The number of benzene rings is 2. The van der Waals surface area contributed by atoms with Gasteiger partial charge in [-0.25, -0.2) is 0 Å². The van der Waals surface area contributed by atoms with E-state index in [-0.39, 0.29) is 36.3 Å². The molecule has 0 aromatic heterocycles. The average molecular weight is 384 g/mol. The van der Waals surface area contributed by atoms with Gasteiger partial charge in [-0.05, 0) is 36.2 Å². The fourth-order valence-electron chi connectivity index (χ4n) is 2.57. The summed E-state index contributed by atoms with van der Waals surface area (Å²) in [7, 11) is 3.01. The standard InChI is InChI=1S/C21H24N2O5/c1-4-15-7-5-6-8-18(15)22-20(25)12-23(2)21(26)14-28-19-10-9-17(27-3)11-16(19)13-24/h5-11,13H,4,12,14H2,1-3H3,(H,22,25). The molecule has 0 bridgehead atoms. The van der Waals surface area contributed by atoms with Crippen LogP contribution in [-0.2, 0) is 16.0 Å². The van der Waals surface area contributed by atoms with Crippen LogP contribution >= 0.6 is 0 Å². The number of hydrogen-bond donors (Lipinski definition) is 1. The zero-order chi connectivity index (χ0) is 20.5. The third kappa shape index (κ3) is 5.57. The van der Waals surface area contributed by atoms with Crippen LogP contribution in [0.25, 0.3) is 0 Å². The van der Waals surface area contributed by atoms with Gasteiger partial charge in [0, 0.05) is 12.7 Å². The number of anilines is 1. The topological polar surface area (TPSA) is 84.9 Å². The second kappa shape index (κ2) is 10.1. The number of likely N-dealkylation sites (N-methyl/N-ethyl adjacent to an activating group) is 1. The van der Waals surface area contributed by atoms with Gasteiger partial charge in [0.15, 0.2) is 12.9 Å². The van der Waals surface area contributed by atoms with Crippen LogP contribution in [0.2, 0.25) is 0 Å². The first-order valence-corrected chi connectivity index (χ1v) is 8.86. The van der Waals surface area contributed by atoms with Crippen LogP contribution < -0.4 is 14.8 Å². The molecule has 0 fully saturated rings. The third-order valence-corrected chi connectivity index (χ3v) is 4.17. The second-order valence-corrected chi connectivity index (χ2v) is 6.12. The molecule has 0 aliphatic heterocycles. The number of nitrogens with zero attached hydrogens (tertiary/aromatic N) is 1. The maximum atomic E-state index is 12.3. The monoisotopic (exact) mass is 384 g/mol. The van der Waals surface area contributed by atoms with Crippen LogP contribution in [0.15, 0.2) is 42.5 Å². The van der Waals surface area contributed by atoms with Crippen molar-refractivity contribution in [2.24, 2.45) is 0 Å². The number of para-hydroxylation sites is 1. The van der Waals surface area contributed by atoms with Gasteiger partial charge in [-0.1, -0.05) is 25.1 Å². The van der Waals surface area contributed by atoms with Crippen LogP contribution in [0.3, 0.4) is 0 Å². The minimum atomic E-state index is -0.383. The summed E-state index contributed by atoms with van der Waals surface area (Å²) in [6.45, 7) is 1.61. The Morgan fingerprint density at radius 3 is 2.61 bits per heavy atom. The van der Waals surface area contributed by atoms with Gasteiger partial charge in [0.05, 0.1) is 19.2 Å². The normalized spacial score (nSPS) is 10.1. The van der Waals surface area contributed by atoms with Crippen molar-refractivity contribution in [1.29, 1.82) is 0 Å². The van der Waals surface area contributed by atoms with Crippen molar-refractivity contribution < 1.29 is 23.9 Å². The Kier molecular flexibility index (Phi) is 7.56. The van der Waals surface area contributed by atoms with Crippen LogP contribution in [0, 0.1) is 0 Å². The maximum Gasteiger partial charge on any atom is 0.260 e. The number of aryl methyl sites for hydroxylation is 1. The van der Waals surface area contributed by atoms with Crippen LogP contribution in [0.5, 0.6) is 11.5 Å². The molecule has 0 spiro atoms. The van der Waals surface area contributed by atoms with Gasteiger partial charge in [-0.2, -0.15) is 0 Å². The average Bonchev–Trinajstić information content (AvgIpc) is 2.71. The fraction of sp³-hybridized carbons (Fsp3) is 0.286. The van der Waals surface area contributed by atoms with Gasteiger partial charge >= 0.3 is 0 Å². The van der Waals surface area contributed by atoms with Crippen molar-refractivity contribution in [2.75, 3.05) is 32.6 Å². The lowest BCUT2D eigenvalue weighted by Gasteiger charge is -2.18. The summed E-state index contributed by atoms with van der Waals surface area (Å²) < 4.78 is 10.5. The quantitative estimate of drug-likeness (QED) is 0.672. The molecule has 7 heteroatoms. The largest absolute Gasteiger partial charge is 0.497 e. The molecule has 2 aromatic rings. The van der Waals surface area contributed by atoms with E-state index in [1.807, 2.05) is 31.2 Å². The molecule has 2 rings (SSSR count). The predicted octanol–water partition coefficient (Wildman–Crippen LogP) is 2.55. The molecular formula is C21H24N2O5. The lowest BCUT2D eigenvalue weighted by Crippen LogP contribution is -2.37. The van der Waals surface area contributed by atoms with Gasteiger partial charge in [-0.15, -0.1) is 0 Å². The fourth-order valence-corrected chi connectivity index (χ4v) is 2.57. The Bertz CT molecular complexity index is 850. The lowest BCUT2D eigenvalue weighted by molar-refractivity contribution is -0.135. The first-order chi connectivity index (χ1) is 13.5. The molecule has 0 saturated carbocycles. The molecule has 0 unspecified atom stereocenters. The molecule has 0 saturated heterocycles. The zero-order valence-corrected chi connectivity index (χ0v) is 16.2. The smallest absolute Gasteiger partial charge is 0.260 e. The molecule has 0 radical (unpaired) electrons. The van der Waals surface area contributed by atoms with E-state index >= 15 is 0 Å². The number of amides is 2. The van der Waals surface area contributed by atoms with Crippen molar-refractivity contribution in [3.8, 4) is 11.5 Å². The minimum absolute atomic E-state index is 0.108. The number of rotatable bonds is 9. The third-order valence-electron chi connectivity index (χ3n) is 4.17. The number of methoxy groups -OCH3 is 1. The lowest BCUT2D eigenvalue weighted by atomic mass is 10.1. The molecule has 1 N–H and O–H groups in total. The van der Waals surface area contributed by atoms with Crippen LogP contribution in [0.4, 0.5) is 5.69 Å². The van der Waals surface area contributed by atoms with Gasteiger partial charge in [0.2, 0.25) is 5.91 Å². The first-order valence-electron chi connectivity index (χ1n) is 8.86. The summed E-state index contributed by atoms with van der Waals surface area (Å²) in [4.78, 5) is 36.9. The Morgan fingerprint density at radius 1 is 1.18 bits per heavy atom. The summed E-state index contributed by atoms with van der Waals surface area (Å²) in [5.74, 6) is 0.113. The molecule has 2 amide bonds. The summed E-state index contributed by atoms with van der Waals surface area (Å²) >= 11 is 0. The van der Waals surface area contributed by atoms with Crippen LogP contribution in [-0.4, -0.2) is 50.3 Å².